The highest BCUT2D eigenvalue weighted by atomic mass is 19.1. The van der Waals surface area contributed by atoms with Crippen molar-refractivity contribution in [2.75, 3.05) is 18.1 Å². The van der Waals surface area contributed by atoms with Crippen LogP contribution < -0.4 is 20.3 Å². The standard InChI is InChI=1S/C22H28FN3O5/c1-11-15(24-21(29)31-22(2,3)4)10-26(11)16-9-14(23)18(12-7-8-30-19(12)16)13-5-6-17(27)25-20(13)28/h9,11,13,15H,5-8,10H2,1-4H3,(H,24,29)(H,25,27,28)/t11-,13?,15+/m0/s1. The lowest BCUT2D eigenvalue weighted by molar-refractivity contribution is -0.134. The summed E-state index contributed by atoms with van der Waals surface area (Å²) < 4.78 is 26.4. The van der Waals surface area contributed by atoms with Gasteiger partial charge in [0.1, 0.15) is 17.2 Å². The number of hydrogen-bond acceptors (Lipinski definition) is 6. The molecule has 3 atom stereocenters. The quantitative estimate of drug-likeness (QED) is 0.711. The SMILES string of the molecule is C[C@H]1[C@H](NC(=O)OC(C)(C)C)CN1c1cc(F)c(C2CCC(=O)NC2=O)c2c1OCC2. The molecular weight excluding hydrogens is 405 g/mol. The third-order valence-electron chi connectivity index (χ3n) is 6.02. The largest absolute Gasteiger partial charge is 0.491 e. The first kappa shape index (κ1) is 21.4. The number of fused-ring (bicyclic) bond motifs is 1. The molecule has 2 N–H and O–H groups in total. The summed E-state index contributed by atoms with van der Waals surface area (Å²) in [5, 5.41) is 5.16. The zero-order valence-electron chi connectivity index (χ0n) is 18.2. The van der Waals surface area contributed by atoms with Gasteiger partial charge < -0.3 is 19.7 Å². The topological polar surface area (TPSA) is 97.0 Å². The fraction of sp³-hybridized carbons (Fsp3) is 0.591. The molecule has 2 fully saturated rings. The number of carbonyl (C=O) groups excluding carboxylic acids is 3. The van der Waals surface area contributed by atoms with E-state index in [4.69, 9.17) is 9.47 Å². The van der Waals surface area contributed by atoms with Crippen LogP contribution in [-0.2, 0) is 20.7 Å². The van der Waals surface area contributed by atoms with Crippen molar-refractivity contribution in [3.05, 3.63) is 23.0 Å². The third kappa shape index (κ3) is 4.05. The minimum absolute atomic E-state index is 0.0818. The average molecular weight is 433 g/mol. The monoisotopic (exact) mass is 433 g/mol. The molecule has 3 aliphatic rings. The summed E-state index contributed by atoms with van der Waals surface area (Å²) in [5.74, 6) is -1.37. The molecule has 3 aliphatic heterocycles. The van der Waals surface area contributed by atoms with Gasteiger partial charge in [-0.25, -0.2) is 9.18 Å². The summed E-state index contributed by atoms with van der Waals surface area (Å²) in [6.45, 7) is 8.25. The zero-order valence-corrected chi connectivity index (χ0v) is 18.2. The first-order chi connectivity index (χ1) is 14.5. The molecule has 31 heavy (non-hydrogen) atoms. The van der Waals surface area contributed by atoms with Gasteiger partial charge in [0.05, 0.1) is 24.3 Å². The van der Waals surface area contributed by atoms with Gasteiger partial charge in [0, 0.05) is 42.6 Å². The van der Waals surface area contributed by atoms with Crippen molar-refractivity contribution in [2.24, 2.45) is 0 Å². The highest BCUT2D eigenvalue weighted by Gasteiger charge is 2.42. The van der Waals surface area contributed by atoms with Gasteiger partial charge in [0.15, 0.2) is 0 Å². The molecule has 8 nitrogen and oxygen atoms in total. The Balaban J connectivity index is 1.54. The molecule has 1 aromatic carbocycles. The van der Waals surface area contributed by atoms with E-state index < -0.39 is 29.3 Å². The third-order valence-corrected chi connectivity index (χ3v) is 6.02. The first-order valence-corrected chi connectivity index (χ1v) is 10.6. The Morgan fingerprint density at radius 2 is 2.06 bits per heavy atom. The van der Waals surface area contributed by atoms with Gasteiger partial charge in [0.25, 0.3) is 0 Å². The number of benzene rings is 1. The smallest absolute Gasteiger partial charge is 0.408 e. The van der Waals surface area contributed by atoms with Crippen molar-refractivity contribution >= 4 is 23.6 Å². The first-order valence-electron chi connectivity index (χ1n) is 10.6. The Kier molecular flexibility index (Phi) is 5.31. The molecule has 2 saturated heterocycles. The van der Waals surface area contributed by atoms with E-state index in [1.807, 2.05) is 11.8 Å². The molecule has 1 unspecified atom stereocenters. The lowest BCUT2D eigenvalue weighted by atomic mass is 9.85. The maximum atomic E-state index is 15.3. The van der Waals surface area contributed by atoms with Gasteiger partial charge in [-0.1, -0.05) is 0 Å². The minimum atomic E-state index is -0.697. The van der Waals surface area contributed by atoms with Crippen LogP contribution in [0.15, 0.2) is 6.07 Å². The van der Waals surface area contributed by atoms with Crippen LogP contribution in [0.3, 0.4) is 0 Å². The summed E-state index contributed by atoms with van der Waals surface area (Å²) in [4.78, 5) is 37.9. The number of ether oxygens (including phenoxy) is 2. The average Bonchev–Trinajstić information content (AvgIpc) is 3.13. The van der Waals surface area contributed by atoms with Gasteiger partial charge in [-0.05, 0) is 34.1 Å². The lowest BCUT2D eigenvalue weighted by Gasteiger charge is -2.48. The number of hydrogen-bond donors (Lipinski definition) is 2. The van der Waals surface area contributed by atoms with E-state index in [1.165, 1.54) is 6.07 Å². The van der Waals surface area contributed by atoms with E-state index in [-0.39, 0.29) is 30.8 Å². The Labute approximate surface area is 180 Å². The number of halogens is 1. The van der Waals surface area contributed by atoms with Crippen LogP contribution in [0.4, 0.5) is 14.9 Å². The van der Waals surface area contributed by atoms with Crippen LogP contribution in [-0.4, -0.2) is 48.7 Å². The van der Waals surface area contributed by atoms with Crippen molar-refractivity contribution < 1.29 is 28.2 Å². The van der Waals surface area contributed by atoms with E-state index in [0.29, 0.717) is 42.1 Å². The Morgan fingerprint density at radius 1 is 1.32 bits per heavy atom. The van der Waals surface area contributed by atoms with E-state index in [0.717, 1.165) is 0 Å². The maximum absolute atomic E-state index is 15.3. The van der Waals surface area contributed by atoms with Crippen LogP contribution >= 0.6 is 0 Å². The van der Waals surface area contributed by atoms with Crippen molar-refractivity contribution in [3.63, 3.8) is 0 Å². The molecule has 9 heteroatoms. The van der Waals surface area contributed by atoms with Crippen molar-refractivity contribution in [3.8, 4) is 5.75 Å². The van der Waals surface area contributed by atoms with Crippen molar-refractivity contribution in [2.45, 2.75) is 70.6 Å². The summed E-state index contributed by atoms with van der Waals surface area (Å²) in [6, 6.07) is 1.19. The molecule has 0 spiro atoms. The van der Waals surface area contributed by atoms with Crippen LogP contribution in [0.1, 0.15) is 57.6 Å². The van der Waals surface area contributed by atoms with Gasteiger partial charge in [-0.15, -0.1) is 0 Å². The summed E-state index contributed by atoms with van der Waals surface area (Å²) in [5.41, 5.74) is 1.06. The van der Waals surface area contributed by atoms with Gasteiger partial charge in [0.2, 0.25) is 11.8 Å². The Bertz CT molecular complexity index is 942. The molecule has 0 bridgehead atoms. The molecule has 168 valence electrons. The van der Waals surface area contributed by atoms with E-state index in [1.54, 1.807) is 20.8 Å². The molecular formula is C22H28FN3O5. The molecule has 0 saturated carbocycles. The zero-order chi connectivity index (χ0) is 22.5. The second kappa shape index (κ2) is 7.69. The van der Waals surface area contributed by atoms with Crippen molar-refractivity contribution in [1.82, 2.24) is 10.6 Å². The van der Waals surface area contributed by atoms with E-state index in [2.05, 4.69) is 10.6 Å². The number of piperidine rings is 1. The Hall–Kier alpha value is -2.84. The predicted molar refractivity (Wildman–Crippen MR) is 111 cm³/mol. The van der Waals surface area contributed by atoms with Gasteiger partial charge in [-0.2, -0.15) is 0 Å². The number of nitrogens with zero attached hydrogens (tertiary/aromatic N) is 1. The molecule has 4 rings (SSSR count). The van der Waals surface area contributed by atoms with Gasteiger partial charge >= 0.3 is 6.09 Å². The molecule has 1 aromatic rings. The maximum Gasteiger partial charge on any atom is 0.408 e. The Morgan fingerprint density at radius 3 is 2.71 bits per heavy atom. The number of amides is 3. The van der Waals surface area contributed by atoms with E-state index in [9.17, 15) is 14.4 Å². The number of carbonyl (C=O) groups is 3. The second-order valence-corrected chi connectivity index (χ2v) is 9.35. The lowest BCUT2D eigenvalue weighted by Crippen LogP contribution is -2.66. The minimum Gasteiger partial charge on any atom is -0.491 e. The summed E-state index contributed by atoms with van der Waals surface area (Å²) in [7, 11) is 0. The van der Waals surface area contributed by atoms with E-state index >= 15 is 4.39 Å². The van der Waals surface area contributed by atoms with Crippen LogP contribution in [0.2, 0.25) is 0 Å². The second-order valence-electron chi connectivity index (χ2n) is 9.35. The normalized spacial score (nSPS) is 25.3. The van der Waals surface area contributed by atoms with Gasteiger partial charge in [-0.3, -0.25) is 14.9 Å². The number of anilines is 1. The molecule has 0 aliphatic carbocycles. The van der Waals surface area contributed by atoms with Crippen molar-refractivity contribution in [1.29, 1.82) is 0 Å². The number of alkyl carbamates (subject to hydrolysis) is 1. The number of imide groups is 1. The van der Waals surface area contributed by atoms with Crippen LogP contribution in [0.5, 0.6) is 5.75 Å². The molecule has 3 amide bonds. The molecule has 3 heterocycles. The fourth-order valence-electron chi connectivity index (χ4n) is 4.46. The highest BCUT2D eigenvalue weighted by molar-refractivity contribution is 6.01. The summed E-state index contributed by atoms with van der Waals surface area (Å²) in [6.07, 6.45) is 0.503. The van der Waals surface area contributed by atoms with Crippen LogP contribution in [0.25, 0.3) is 0 Å². The predicted octanol–water partition coefficient (Wildman–Crippen LogP) is 2.38. The summed E-state index contributed by atoms with van der Waals surface area (Å²) >= 11 is 0. The number of rotatable bonds is 3. The highest BCUT2D eigenvalue weighted by Crippen LogP contribution is 2.46. The fourth-order valence-corrected chi connectivity index (χ4v) is 4.46. The molecule has 0 radical (unpaired) electrons. The molecule has 0 aromatic heterocycles. The number of nitrogens with one attached hydrogen (secondary N) is 2. The van der Waals surface area contributed by atoms with Crippen LogP contribution in [0, 0.1) is 5.82 Å².